The van der Waals surface area contributed by atoms with Gasteiger partial charge in [0.2, 0.25) is 0 Å². The lowest BCUT2D eigenvalue weighted by Crippen LogP contribution is -2.25. The van der Waals surface area contributed by atoms with E-state index < -0.39 is 0 Å². The average molecular weight is 275 g/mol. The highest BCUT2D eigenvalue weighted by atomic mass is 19.1. The van der Waals surface area contributed by atoms with Crippen LogP contribution in [0.3, 0.4) is 0 Å². The minimum absolute atomic E-state index is 0.0373. The molecule has 0 bridgehead atoms. The van der Waals surface area contributed by atoms with E-state index in [2.05, 4.69) is 17.3 Å². The van der Waals surface area contributed by atoms with E-state index in [9.17, 15) is 4.39 Å². The summed E-state index contributed by atoms with van der Waals surface area (Å²) in [6.45, 7) is 4.96. The van der Waals surface area contributed by atoms with Gasteiger partial charge in [-0.3, -0.25) is 4.68 Å². The van der Waals surface area contributed by atoms with Gasteiger partial charge < -0.3 is 5.32 Å². The van der Waals surface area contributed by atoms with E-state index in [0.717, 1.165) is 29.8 Å². The summed E-state index contributed by atoms with van der Waals surface area (Å²) in [5.74, 6) is -0.153. The molecule has 1 aromatic heterocycles. The van der Waals surface area contributed by atoms with Crippen molar-refractivity contribution < 1.29 is 4.39 Å². The van der Waals surface area contributed by atoms with Crippen LogP contribution in [0.2, 0.25) is 0 Å². The average Bonchev–Trinajstić information content (AvgIpc) is 2.83. The Kier molecular flexibility index (Phi) is 4.90. The Balaban J connectivity index is 2.24. The van der Waals surface area contributed by atoms with Gasteiger partial charge in [0.15, 0.2) is 0 Å². The van der Waals surface area contributed by atoms with Gasteiger partial charge in [0.25, 0.3) is 0 Å². The molecule has 1 atom stereocenters. The lowest BCUT2D eigenvalue weighted by molar-refractivity contribution is 0.491. The summed E-state index contributed by atoms with van der Waals surface area (Å²) in [6.07, 6.45) is 3.63. The molecule has 0 aliphatic heterocycles. The number of aromatic nitrogens is 2. The molecule has 0 radical (unpaired) electrons. The molecule has 1 unspecified atom stereocenters. The molecule has 0 saturated carbocycles. The van der Waals surface area contributed by atoms with Crippen LogP contribution in [0.15, 0.2) is 30.5 Å². The normalized spacial score (nSPS) is 12.6. The molecule has 0 aliphatic rings. The molecule has 0 fully saturated rings. The summed E-state index contributed by atoms with van der Waals surface area (Å²) in [4.78, 5) is 0. The molecule has 1 heterocycles. The van der Waals surface area contributed by atoms with Gasteiger partial charge in [-0.1, -0.05) is 24.6 Å². The van der Waals surface area contributed by atoms with Crippen LogP contribution in [-0.2, 0) is 13.5 Å². The predicted molar refractivity (Wildman–Crippen MR) is 79.1 cm³/mol. The fourth-order valence-corrected chi connectivity index (χ4v) is 2.32. The van der Waals surface area contributed by atoms with Crippen molar-refractivity contribution in [3.05, 3.63) is 53.1 Å². The zero-order valence-corrected chi connectivity index (χ0v) is 12.4. The molecular formula is C16H22FN3. The molecular weight excluding hydrogens is 253 g/mol. The second-order valence-corrected chi connectivity index (χ2v) is 5.22. The Morgan fingerprint density at radius 3 is 2.80 bits per heavy atom. The van der Waals surface area contributed by atoms with Crippen molar-refractivity contribution in [3.8, 4) is 0 Å². The topological polar surface area (TPSA) is 29.9 Å². The van der Waals surface area contributed by atoms with E-state index in [4.69, 9.17) is 0 Å². The molecule has 0 saturated heterocycles. The van der Waals surface area contributed by atoms with Crippen LogP contribution in [0.25, 0.3) is 0 Å². The number of hydrogen-bond acceptors (Lipinski definition) is 2. The lowest BCUT2D eigenvalue weighted by Gasteiger charge is -2.19. The van der Waals surface area contributed by atoms with Gasteiger partial charge in [-0.05, 0) is 32.0 Å². The van der Waals surface area contributed by atoms with Gasteiger partial charge >= 0.3 is 0 Å². The monoisotopic (exact) mass is 275 g/mol. The molecule has 4 heteroatoms. The number of nitrogens with zero attached hydrogens (tertiary/aromatic N) is 2. The van der Waals surface area contributed by atoms with Gasteiger partial charge in [-0.25, -0.2) is 4.39 Å². The maximum absolute atomic E-state index is 14.1. The van der Waals surface area contributed by atoms with Crippen molar-refractivity contribution in [1.29, 1.82) is 0 Å². The first kappa shape index (κ1) is 14.7. The summed E-state index contributed by atoms with van der Waals surface area (Å²) in [7, 11) is 1.89. The van der Waals surface area contributed by atoms with Gasteiger partial charge in [0, 0.05) is 31.3 Å². The van der Waals surface area contributed by atoms with Crippen molar-refractivity contribution in [2.45, 2.75) is 32.7 Å². The number of rotatable bonds is 6. The van der Waals surface area contributed by atoms with E-state index in [-0.39, 0.29) is 11.9 Å². The second-order valence-electron chi connectivity index (χ2n) is 5.22. The number of halogens is 1. The molecule has 0 spiro atoms. The number of hydrogen-bond donors (Lipinski definition) is 1. The van der Waals surface area contributed by atoms with Crippen LogP contribution in [0, 0.1) is 12.7 Å². The molecule has 1 N–H and O–H groups in total. The summed E-state index contributed by atoms with van der Waals surface area (Å²) in [5.41, 5.74) is 2.77. The molecule has 2 rings (SSSR count). The third kappa shape index (κ3) is 3.67. The maximum atomic E-state index is 14.1. The van der Waals surface area contributed by atoms with Crippen molar-refractivity contribution in [2.75, 3.05) is 6.54 Å². The van der Waals surface area contributed by atoms with Crippen molar-refractivity contribution >= 4 is 0 Å². The van der Waals surface area contributed by atoms with E-state index in [1.807, 2.05) is 32.3 Å². The Bertz CT molecular complexity index is 563. The van der Waals surface area contributed by atoms with Crippen LogP contribution in [0.1, 0.15) is 36.2 Å². The molecule has 0 aliphatic carbocycles. The third-order valence-corrected chi connectivity index (χ3v) is 3.35. The highest BCUT2D eigenvalue weighted by Gasteiger charge is 2.17. The van der Waals surface area contributed by atoms with Crippen LogP contribution in [-0.4, -0.2) is 16.3 Å². The first-order valence-electron chi connectivity index (χ1n) is 7.08. The van der Waals surface area contributed by atoms with Crippen molar-refractivity contribution in [1.82, 2.24) is 15.1 Å². The standard InChI is InChI=1S/C16H22FN3/c1-4-8-18-16(11-13-7-9-20(3)19-13)14-10-12(2)5-6-15(14)17/h5-7,9-10,16,18H,4,8,11H2,1-3H3. The van der Waals surface area contributed by atoms with Crippen LogP contribution < -0.4 is 5.32 Å². The highest BCUT2D eigenvalue weighted by molar-refractivity contribution is 5.28. The SMILES string of the molecule is CCCNC(Cc1ccn(C)n1)c1cc(C)ccc1F. The minimum atomic E-state index is -0.153. The second kappa shape index (κ2) is 6.66. The largest absolute Gasteiger partial charge is 0.310 e. The van der Waals surface area contributed by atoms with Crippen molar-refractivity contribution in [2.24, 2.45) is 7.05 Å². The summed E-state index contributed by atoms with van der Waals surface area (Å²) in [6, 6.07) is 7.21. The molecule has 2 aromatic rings. The maximum Gasteiger partial charge on any atom is 0.128 e. The Labute approximate surface area is 119 Å². The summed E-state index contributed by atoms with van der Waals surface area (Å²) < 4.78 is 15.9. The first-order valence-corrected chi connectivity index (χ1v) is 7.08. The quantitative estimate of drug-likeness (QED) is 0.877. The highest BCUT2D eigenvalue weighted by Crippen LogP contribution is 2.22. The summed E-state index contributed by atoms with van der Waals surface area (Å²) in [5, 5.41) is 7.81. The van der Waals surface area contributed by atoms with E-state index >= 15 is 0 Å². The van der Waals surface area contributed by atoms with E-state index in [1.165, 1.54) is 0 Å². The smallest absolute Gasteiger partial charge is 0.128 e. The number of aryl methyl sites for hydroxylation is 2. The van der Waals surface area contributed by atoms with Gasteiger partial charge in [-0.2, -0.15) is 5.10 Å². The Morgan fingerprint density at radius 2 is 2.15 bits per heavy atom. The zero-order valence-electron chi connectivity index (χ0n) is 12.4. The van der Waals surface area contributed by atoms with Crippen molar-refractivity contribution in [3.63, 3.8) is 0 Å². The molecule has 3 nitrogen and oxygen atoms in total. The molecule has 108 valence electrons. The molecule has 20 heavy (non-hydrogen) atoms. The van der Waals surface area contributed by atoms with Gasteiger partial charge in [0.1, 0.15) is 5.82 Å². The fourth-order valence-electron chi connectivity index (χ4n) is 2.32. The van der Waals surface area contributed by atoms with Crippen LogP contribution >= 0.6 is 0 Å². The Hall–Kier alpha value is -1.68. The predicted octanol–water partition coefficient (Wildman–Crippen LogP) is 3.15. The van der Waals surface area contributed by atoms with E-state index in [0.29, 0.717) is 6.42 Å². The molecule has 0 amide bonds. The summed E-state index contributed by atoms with van der Waals surface area (Å²) >= 11 is 0. The van der Waals surface area contributed by atoms with E-state index in [1.54, 1.807) is 16.8 Å². The van der Waals surface area contributed by atoms with Gasteiger partial charge in [-0.15, -0.1) is 0 Å². The zero-order chi connectivity index (χ0) is 14.5. The van der Waals surface area contributed by atoms with Gasteiger partial charge in [0.05, 0.1) is 5.69 Å². The van der Waals surface area contributed by atoms with Crippen LogP contribution in [0.5, 0.6) is 0 Å². The minimum Gasteiger partial charge on any atom is -0.310 e. The number of benzene rings is 1. The Morgan fingerprint density at radius 1 is 1.35 bits per heavy atom. The lowest BCUT2D eigenvalue weighted by atomic mass is 9.99. The first-order chi connectivity index (χ1) is 9.60. The molecule has 1 aromatic carbocycles. The van der Waals surface area contributed by atoms with Crippen LogP contribution in [0.4, 0.5) is 4.39 Å². The number of nitrogens with one attached hydrogen (secondary N) is 1. The third-order valence-electron chi connectivity index (χ3n) is 3.35. The fraction of sp³-hybridized carbons (Fsp3) is 0.438.